The molecular weight excluding hydrogens is 622 g/mol. The van der Waals surface area contributed by atoms with Gasteiger partial charge in [0.05, 0.1) is 14.2 Å². The molecular formula is C44H42O2P2. The molecule has 0 heterocycles. The summed E-state index contributed by atoms with van der Waals surface area (Å²) in [4.78, 5) is 0. The minimum absolute atomic E-state index is 0.108. The maximum atomic E-state index is 6.13. The zero-order chi connectivity index (χ0) is 32.8. The summed E-state index contributed by atoms with van der Waals surface area (Å²) in [5.41, 5.74) is 2.66. The number of methoxy groups -OCH3 is 2. The third-order valence-corrected chi connectivity index (χ3v) is 14.6. The molecule has 0 N–H and O–H groups in total. The Labute approximate surface area is 288 Å². The van der Waals surface area contributed by atoms with E-state index in [4.69, 9.17) is 9.47 Å². The topological polar surface area (TPSA) is 18.5 Å². The third kappa shape index (κ3) is 6.45. The summed E-state index contributed by atoms with van der Waals surface area (Å²) in [7, 11) is 1.96. The Morgan fingerprint density at radius 1 is 0.417 bits per heavy atom. The van der Waals surface area contributed by atoms with Crippen LogP contribution in [-0.4, -0.2) is 14.2 Å². The number of ether oxygens (including phenoxy) is 2. The van der Waals surface area contributed by atoms with Gasteiger partial charge in [-0.05, 0) is 85.3 Å². The maximum Gasteiger partial charge on any atom is 0.127 e. The molecule has 6 aromatic rings. The van der Waals surface area contributed by atoms with Gasteiger partial charge in [0.25, 0.3) is 0 Å². The minimum atomic E-state index is -0.828. The summed E-state index contributed by atoms with van der Waals surface area (Å²) < 4.78 is 12.3. The van der Waals surface area contributed by atoms with E-state index in [9.17, 15) is 0 Å². The van der Waals surface area contributed by atoms with E-state index < -0.39 is 15.8 Å². The molecule has 0 unspecified atom stereocenters. The molecule has 2 nitrogen and oxygen atoms in total. The average molecular weight is 665 g/mol. The summed E-state index contributed by atoms with van der Waals surface area (Å²) in [6.07, 6.45) is 5.93. The maximum absolute atomic E-state index is 6.13. The fraction of sp³-hybridized carbons (Fsp3) is 0.182. The van der Waals surface area contributed by atoms with Gasteiger partial charge in [-0.3, -0.25) is 0 Å². The first kappa shape index (κ1) is 32.3. The largest absolute Gasteiger partial charge is 0.496 e. The lowest BCUT2D eigenvalue weighted by molar-refractivity contribution is 0.345. The SMILES string of the molecule is COc1ccc(C2(c3ccc(OC)c(P(c4ccccc4)c4ccccc4)c3)CCCCC2)cc1P(c1ccccc1)c1ccccc1. The second kappa shape index (κ2) is 14.9. The van der Waals surface area contributed by atoms with Crippen LogP contribution in [0.15, 0.2) is 158 Å². The second-order valence-corrected chi connectivity index (χ2v) is 16.8. The molecule has 240 valence electrons. The Morgan fingerprint density at radius 2 is 0.750 bits per heavy atom. The van der Waals surface area contributed by atoms with Gasteiger partial charge >= 0.3 is 0 Å². The van der Waals surface area contributed by atoms with Crippen molar-refractivity contribution >= 4 is 47.7 Å². The molecule has 7 rings (SSSR count). The Balaban J connectivity index is 1.42. The van der Waals surface area contributed by atoms with Gasteiger partial charge in [0.2, 0.25) is 0 Å². The highest BCUT2D eigenvalue weighted by Gasteiger charge is 2.38. The van der Waals surface area contributed by atoms with E-state index in [0.717, 1.165) is 24.3 Å². The first-order valence-corrected chi connectivity index (χ1v) is 19.6. The van der Waals surface area contributed by atoms with Crippen LogP contribution in [0.25, 0.3) is 0 Å². The molecule has 0 bridgehead atoms. The molecule has 1 aliphatic rings. The molecule has 0 atom stereocenters. The molecule has 0 aromatic heterocycles. The van der Waals surface area contributed by atoms with E-state index in [1.54, 1.807) is 0 Å². The molecule has 48 heavy (non-hydrogen) atoms. The Hall–Kier alpha value is -4.22. The Kier molecular flexibility index (Phi) is 10.0. The molecule has 0 saturated heterocycles. The lowest BCUT2D eigenvalue weighted by Gasteiger charge is -2.40. The molecule has 0 spiro atoms. The lowest BCUT2D eigenvalue weighted by atomic mass is 9.65. The monoisotopic (exact) mass is 664 g/mol. The minimum Gasteiger partial charge on any atom is -0.496 e. The fourth-order valence-electron chi connectivity index (χ4n) is 7.39. The highest BCUT2D eigenvalue weighted by atomic mass is 31.1. The second-order valence-electron chi connectivity index (χ2n) is 12.4. The first-order chi connectivity index (χ1) is 23.7. The molecule has 1 saturated carbocycles. The van der Waals surface area contributed by atoms with Crippen LogP contribution in [0.4, 0.5) is 0 Å². The van der Waals surface area contributed by atoms with Gasteiger partial charge in [0.15, 0.2) is 0 Å². The van der Waals surface area contributed by atoms with Crippen LogP contribution in [0.2, 0.25) is 0 Å². The smallest absolute Gasteiger partial charge is 0.127 e. The van der Waals surface area contributed by atoms with Crippen molar-refractivity contribution in [3.63, 3.8) is 0 Å². The Morgan fingerprint density at radius 3 is 1.06 bits per heavy atom. The number of hydrogen-bond acceptors (Lipinski definition) is 2. The standard InChI is InChI=1S/C44H42O2P2/c1-45-40-28-26-34(32-42(40)47(36-18-8-3-9-19-36)37-20-10-4-11-21-37)44(30-16-7-17-31-44)35-27-29-41(46-2)43(33-35)48(38-22-12-5-13-23-38)39-24-14-6-15-25-39/h3-6,8-15,18-29,32-33H,7,16-17,30-31H2,1-2H3. The van der Waals surface area contributed by atoms with Crippen LogP contribution < -0.4 is 41.3 Å². The van der Waals surface area contributed by atoms with Crippen molar-refractivity contribution in [1.29, 1.82) is 0 Å². The first-order valence-electron chi connectivity index (χ1n) is 16.9. The molecule has 6 aromatic carbocycles. The average Bonchev–Trinajstić information content (AvgIpc) is 3.17. The van der Waals surface area contributed by atoms with Crippen LogP contribution >= 0.6 is 15.8 Å². The normalized spacial score (nSPS) is 14.2. The lowest BCUT2D eigenvalue weighted by Crippen LogP contribution is -2.33. The number of rotatable bonds is 10. The number of benzene rings is 6. The van der Waals surface area contributed by atoms with Gasteiger partial charge in [-0.1, -0.05) is 153 Å². The van der Waals surface area contributed by atoms with Crippen molar-refractivity contribution in [3.05, 3.63) is 169 Å². The molecule has 0 radical (unpaired) electrons. The van der Waals surface area contributed by atoms with Crippen LogP contribution in [0, 0.1) is 0 Å². The molecule has 0 amide bonds. The van der Waals surface area contributed by atoms with E-state index in [-0.39, 0.29) is 5.41 Å². The van der Waals surface area contributed by atoms with Crippen molar-refractivity contribution in [1.82, 2.24) is 0 Å². The van der Waals surface area contributed by atoms with Crippen LogP contribution in [-0.2, 0) is 5.41 Å². The summed E-state index contributed by atoms with van der Waals surface area (Å²) in [6, 6.07) is 58.0. The summed E-state index contributed by atoms with van der Waals surface area (Å²) >= 11 is 0. The van der Waals surface area contributed by atoms with E-state index in [0.29, 0.717) is 0 Å². The van der Waals surface area contributed by atoms with E-state index >= 15 is 0 Å². The van der Waals surface area contributed by atoms with Crippen LogP contribution in [0.1, 0.15) is 43.2 Å². The molecule has 1 aliphatic carbocycles. The van der Waals surface area contributed by atoms with Crippen molar-refractivity contribution in [3.8, 4) is 11.5 Å². The quantitative estimate of drug-likeness (QED) is 0.137. The zero-order valence-electron chi connectivity index (χ0n) is 27.8. The van der Waals surface area contributed by atoms with Crippen LogP contribution in [0.5, 0.6) is 11.5 Å². The summed E-state index contributed by atoms with van der Waals surface area (Å²) in [5.74, 6) is 1.91. The van der Waals surface area contributed by atoms with E-state index in [1.807, 2.05) is 14.2 Å². The molecule has 1 fully saturated rings. The highest BCUT2D eigenvalue weighted by Crippen LogP contribution is 2.48. The van der Waals surface area contributed by atoms with Gasteiger partial charge in [-0.2, -0.15) is 0 Å². The van der Waals surface area contributed by atoms with Gasteiger partial charge in [0, 0.05) is 16.0 Å². The van der Waals surface area contributed by atoms with Crippen molar-refractivity contribution in [2.75, 3.05) is 14.2 Å². The van der Waals surface area contributed by atoms with Crippen molar-refractivity contribution < 1.29 is 9.47 Å². The Bertz CT molecular complexity index is 1710. The van der Waals surface area contributed by atoms with Gasteiger partial charge in [-0.25, -0.2) is 0 Å². The zero-order valence-corrected chi connectivity index (χ0v) is 29.5. The number of hydrogen-bond donors (Lipinski definition) is 0. The summed E-state index contributed by atoms with van der Waals surface area (Å²) in [5, 5.41) is 7.86. The predicted molar refractivity (Wildman–Crippen MR) is 207 cm³/mol. The van der Waals surface area contributed by atoms with Crippen molar-refractivity contribution in [2.24, 2.45) is 0 Å². The fourth-order valence-corrected chi connectivity index (χ4v) is 12.3. The van der Waals surface area contributed by atoms with Gasteiger partial charge < -0.3 is 9.47 Å². The highest BCUT2D eigenvalue weighted by molar-refractivity contribution is 7.80. The van der Waals surface area contributed by atoms with Gasteiger partial charge in [0.1, 0.15) is 11.5 Å². The third-order valence-electron chi connectivity index (χ3n) is 9.71. The predicted octanol–water partition coefficient (Wildman–Crippen LogP) is 8.47. The molecule has 0 aliphatic heterocycles. The van der Waals surface area contributed by atoms with E-state index in [1.165, 1.54) is 62.2 Å². The van der Waals surface area contributed by atoms with Crippen molar-refractivity contribution in [2.45, 2.75) is 37.5 Å². The van der Waals surface area contributed by atoms with Crippen LogP contribution in [0.3, 0.4) is 0 Å². The summed E-state index contributed by atoms with van der Waals surface area (Å²) in [6.45, 7) is 0. The molecule has 4 heteroatoms. The van der Waals surface area contributed by atoms with E-state index in [2.05, 4.69) is 158 Å². The van der Waals surface area contributed by atoms with Gasteiger partial charge in [-0.15, -0.1) is 0 Å².